The van der Waals surface area contributed by atoms with Crippen molar-refractivity contribution in [3.8, 4) is 0 Å². The van der Waals surface area contributed by atoms with Gasteiger partial charge in [0.1, 0.15) is 6.54 Å². The van der Waals surface area contributed by atoms with Crippen molar-refractivity contribution in [1.29, 1.82) is 0 Å². The lowest BCUT2D eigenvalue weighted by Gasteiger charge is -2.23. The lowest BCUT2D eigenvalue weighted by molar-refractivity contribution is -0.123. The monoisotopic (exact) mass is 285 g/mol. The van der Waals surface area contributed by atoms with Gasteiger partial charge in [-0.2, -0.15) is 5.10 Å². The van der Waals surface area contributed by atoms with Crippen LogP contribution >= 0.6 is 0 Å². The van der Waals surface area contributed by atoms with E-state index in [2.05, 4.69) is 10.4 Å². The second kappa shape index (κ2) is 4.63. The zero-order valence-electron chi connectivity index (χ0n) is 11.4. The minimum Gasteiger partial charge on any atom is -0.348 e. The van der Waals surface area contributed by atoms with E-state index in [1.165, 1.54) is 0 Å². The fourth-order valence-corrected chi connectivity index (χ4v) is 4.55. The van der Waals surface area contributed by atoms with Crippen molar-refractivity contribution in [3.05, 3.63) is 17.5 Å². The number of carbonyl (C=O) groups is 1. The third-order valence-electron chi connectivity index (χ3n) is 3.34. The quantitative estimate of drug-likeness (QED) is 0.860. The van der Waals surface area contributed by atoms with Crippen molar-refractivity contribution in [2.75, 3.05) is 11.5 Å². The van der Waals surface area contributed by atoms with Gasteiger partial charge in [-0.3, -0.25) is 9.48 Å². The highest BCUT2D eigenvalue weighted by molar-refractivity contribution is 7.91. The average Bonchev–Trinajstić information content (AvgIpc) is 2.67. The van der Waals surface area contributed by atoms with Gasteiger partial charge in [0.05, 0.1) is 22.7 Å². The molecule has 19 heavy (non-hydrogen) atoms. The van der Waals surface area contributed by atoms with Crippen LogP contribution in [-0.2, 0) is 21.2 Å². The number of amides is 1. The van der Waals surface area contributed by atoms with Crippen LogP contribution in [0.5, 0.6) is 0 Å². The van der Waals surface area contributed by atoms with Crippen molar-refractivity contribution in [2.24, 2.45) is 0 Å². The molecule has 1 unspecified atom stereocenters. The maximum atomic E-state index is 12.0. The van der Waals surface area contributed by atoms with Gasteiger partial charge in [-0.05, 0) is 33.3 Å². The van der Waals surface area contributed by atoms with Crippen LogP contribution < -0.4 is 5.32 Å². The predicted molar refractivity (Wildman–Crippen MR) is 71.5 cm³/mol. The van der Waals surface area contributed by atoms with Crippen molar-refractivity contribution in [3.63, 3.8) is 0 Å². The summed E-state index contributed by atoms with van der Waals surface area (Å²) in [6, 6.07) is 1.90. The number of carbonyl (C=O) groups excluding carboxylic acids is 1. The Balaban J connectivity index is 2.01. The molecule has 1 N–H and O–H groups in total. The van der Waals surface area contributed by atoms with Gasteiger partial charge >= 0.3 is 0 Å². The van der Waals surface area contributed by atoms with Crippen LogP contribution in [0.4, 0.5) is 0 Å². The molecule has 6 nitrogen and oxygen atoms in total. The number of hydrogen-bond acceptors (Lipinski definition) is 4. The van der Waals surface area contributed by atoms with Crippen molar-refractivity contribution in [2.45, 2.75) is 39.3 Å². The second-order valence-corrected chi connectivity index (χ2v) is 7.72. The average molecular weight is 285 g/mol. The Morgan fingerprint density at radius 2 is 2.21 bits per heavy atom. The molecule has 0 aliphatic carbocycles. The van der Waals surface area contributed by atoms with Crippen LogP contribution in [0.1, 0.15) is 24.7 Å². The van der Waals surface area contributed by atoms with Gasteiger partial charge in [0, 0.05) is 5.69 Å². The van der Waals surface area contributed by atoms with Gasteiger partial charge in [0.2, 0.25) is 5.91 Å². The molecule has 1 saturated heterocycles. The van der Waals surface area contributed by atoms with Gasteiger partial charge in [-0.1, -0.05) is 0 Å². The molecule has 1 atom stereocenters. The Bertz CT molecular complexity index is 606. The molecule has 2 heterocycles. The van der Waals surface area contributed by atoms with E-state index in [1.807, 2.05) is 19.9 Å². The molecule has 0 spiro atoms. The molecular weight excluding hydrogens is 266 g/mol. The number of aromatic nitrogens is 2. The van der Waals surface area contributed by atoms with E-state index in [4.69, 9.17) is 0 Å². The first-order chi connectivity index (χ1) is 8.69. The molecule has 1 aliphatic heterocycles. The first-order valence-electron chi connectivity index (χ1n) is 6.22. The SMILES string of the molecule is Cc1cc(C)n(CC(=O)NC2(C)CCS(=O)(=O)C2)n1. The van der Waals surface area contributed by atoms with E-state index in [0.29, 0.717) is 6.42 Å². The Morgan fingerprint density at radius 3 is 2.68 bits per heavy atom. The summed E-state index contributed by atoms with van der Waals surface area (Å²) in [5.74, 6) is -0.0437. The summed E-state index contributed by atoms with van der Waals surface area (Å²) >= 11 is 0. The Kier molecular flexibility index (Phi) is 3.42. The summed E-state index contributed by atoms with van der Waals surface area (Å²) in [7, 11) is -3.01. The zero-order valence-corrected chi connectivity index (χ0v) is 12.2. The van der Waals surface area contributed by atoms with Gasteiger partial charge in [0.25, 0.3) is 0 Å². The first-order valence-corrected chi connectivity index (χ1v) is 8.04. The Morgan fingerprint density at radius 1 is 1.53 bits per heavy atom. The summed E-state index contributed by atoms with van der Waals surface area (Å²) in [6.07, 6.45) is 0.470. The molecule has 2 rings (SSSR count). The molecule has 0 saturated carbocycles. The van der Waals surface area contributed by atoms with Crippen LogP contribution in [0.15, 0.2) is 6.07 Å². The zero-order chi connectivity index (χ0) is 14.3. The molecule has 0 aromatic carbocycles. The smallest absolute Gasteiger partial charge is 0.242 e. The van der Waals surface area contributed by atoms with Gasteiger partial charge < -0.3 is 5.32 Å². The molecule has 1 amide bonds. The molecule has 0 bridgehead atoms. The molecular formula is C12H19N3O3S. The highest BCUT2D eigenvalue weighted by atomic mass is 32.2. The number of nitrogens with zero attached hydrogens (tertiary/aromatic N) is 2. The van der Waals surface area contributed by atoms with E-state index in [1.54, 1.807) is 11.6 Å². The van der Waals surface area contributed by atoms with E-state index in [-0.39, 0.29) is 24.0 Å². The van der Waals surface area contributed by atoms with Gasteiger partial charge in [-0.15, -0.1) is 0 Å². The number of nitrogens with one attached hydrogen (secondary N) is 1. The van der Waals surface area contributed by atoms with Crippen molar-refractivity contribution in [1.82, 2.24) is 15.1 Å². The normalized spacial score (nSPS) is 25.4. The molecule has 1 aliphatic rings. The first kappa shape index (κ1) is 14.0. The Hall–Kier alpha value is -1.37. The van der Waals surface area contributed by atoms with Crippen LogP contribution in [0, 0.1) is 13.8 Å². The topological polar surface area (TPSA) is 81.1 Å². The molecule has 1 fully saturated rings. The number of rotatable bonds is 3. The number of aryl methyl sites for hydroxylation is 2. The van der Waals surface area contributed by atoms with Gasteiger partial charge in [0.15, 0.2) is 9.84 Å². The largest absolute Gasteiger partial charge is 0.348 e. The summed E-state index contributed by atoms with van der Waals surface area (Å²) in [5, 5.41) is 7.03. The molecule has 1 aromatic rings. The van der Waals surface area contributed by atoms with E-state index in [9.17, 15) is 13.2 Å². The maximum Gasteiger partial charge on any atom is 0.242 e. The highest BCUT2D eigenvalue weighted by Crippen LogP contribution is 2.22. The van der Waals surface area contributed by atoms with Crippen molar-refractivity contribution >= 4 is 15.7 Å². The molecule has 106 valence electrons. The maximum absolute atomic E-state index is 12.0. The fourth-order valence-electron chi connectivity index (χ4n) is 2.46. The fraction of sp³-hybridized carbons (Fsp3) is 0.667. The molecule has 0 radical (unpaired) electrons. The summed E-state index contributed by atoms with van der Waals surface area (Å²) in [4.78, 5) is 12.0. The minimum absolute atomic E-state index is 0.0167. The number of sulfone groups is 1. The third-order valence-corrected chi connectivity index (χ3v) is 5.24. The molecule has 1 aromatic heterocycles. The third kappa shape index (κ3) is 3.34. The second-order valence-electron chi connectivity index (χ2n) is 5.54. The molecule has 7 heteroatoms. The van der Waals surface area contributed by atoms with Crippen LogP contribution in [-0.4, -0.2) is 41.2 Å². The van der Waals surface area contributed by atoms with Crippen LogP contribution in [0.2, 0.25) is 0 Å². The van der Waals surface area contributed by atoms with E-state index >= 15 is 0 Å². The standard InChI is InChI=1S/C12H19N3O3S/c1-9-6-10(2)15(14-9)7-11(16)13-12(3)4-5-19(17,18)8-12/h6H,4-5,7-8H2,1-3H3,(H,13,16). The van der Waals surface area contributed by atoms with Crippen molar-refractivity contribution < 1.29 is 13.2 Å². The Labute approximate surface area is 113 Å². The van der Waals surface area contributed by atoms with E-state index < -0.39 is 15.4 Å². The highest BCUT2D eigenvalue weighted by Gasteiger charge is 2.39. The summed E-state index contributed by atoms with van der Waals surface area (Å²) < 4.78 is 24.6. The van der Waals surface area contributed by atoms with Gasteiger partial charge in [-0.25, -0.2) is 8.42 Å². The lowest BCUT2D eigenvalue weighted by Crippen LogP contribution is -2.48. The minimum atomic E-state index is -3.01. The lowest BCUT2D eigenvalue weighted by atomic mass is 10.0. The number of hydrogen-bond donors (Lipinski definition) is 1. The summed E-state index contributed by atoms with van der Waals surface area (Å²) in [5.41, 5.74) is 1.13. The summed E-state index contributed by atoms with van der Waals surface area (Å²) in [6.45, 7) is 5.65. The van der Waals surface area contributed by atoms with E-state index in [0.717, 1.165) is 11.4 Å². The predicted octanol–water partition coefficient (Wildman–Crippen LogP) is 0.193. The van der Waals surface area contributed by atoms with Crippen LogP contribution in [0.25, 0.3) is 0 Å². The van der Waals surface area contributed by atoms with Crippen LogP contribution in [0.3, 0.4) is 0 Å².